The summed E-state index contributed by atoms with van der Waals surface area (Å²) < 4.78 is 0. The van der Waals surface area contributed by atoms with Crippen LogP contribution in [0, 0.1) is 12.8 Å². The molecule has 1 aliphatic heterocycles. The third-order valence-electron chi connectivity index (χ3n) is 4.27. The summed E-state index contributed by atoms with van der Waals surface area (Å²) in [5.74, 6) is 0.786. The van der Waals surface area contributed by atoms with Crippen LogP contribution in [0.25, 0.3) is 10.9 Å². The molecule has 1 fully saturated rings. The number of likely N-dealkylation sites (tertiary alicyclic amines) is 1. The highest BCUT2D eigenvalue weighted by Gasteiger charge is 2.22. The smallest absolute Gasteiger partial charge is 0.0708 e. The lowest BCUT2D eigenvalue weighted by Crippen LogP contribution is -2.21. The number of nitrogens with two attached hydrogens (primary N) is 1. The molecule has 1 aromatic heterocycles. The fourth-order valence-corrected chi connectivity index (χ4v) is 3.29. The minimum Gasteiger partial charge on any atom is -0.330 e. The van der Waals surface area contributed by atoms with Crippen LogP contribution in [0.1, 0.15) is 24.1 Å². The van der Waals surface area contributed by atoms with Crippen LogP contribution in [-0.4, -0.2) is 29.5 Å². The van der Waals surface area contributed by atoms with Crippen molar-refractivity contribution in [2.24, 2.45) is 11.7 Å². The molecule has 1 atom stereocenters. The van der Waals surface area contributed by atoms with Gasteiger partial charge in [-0.3, -0.25) is 9.88 Å². The van der Waals surface area contributed by atoms with Crippen molar-refractivity contribution in [3.8, 4) is 0 Å². The third kappa shape index (κ3) is 2.84. The molecule has 0 bridgehead atoms. The lowest BCUT2D eigenvalue weighted by molar-refractivity contribution is 0.315. The first-order valence-corrected chi connectivity index (χ1v) is 7.54. The Hall–Kier alpha value is -1.45. The number of hydrogen-bond donors (Lipinski definition) is 1. The van der Waals surface area contributed by atoms with Crippen molar-refractivity contribution in [1.29, 1.82) is 0 Å². The molecule has 0 aliphatic carbocycles. The Morgan fingerprint density at radius 3 is 3.05 bits per heavy atom. The average Bonchev–Trinajstić information content (AvgIpc) is 2.86. The largest absolute Gasteiger partial charge is 0.330 e. The van der Waals surface area contributed by atoms with Crippen molar-refractivity contribution < 1.29 is 0 Å². The number of nitrogens with zero attached hydrogens (tertiary/aromatic N) is 2. The van der Waals surface area contributed by atoms with E-state index in [0.29, 0.717) is 0 Å². The lowest BCUT2D eigenvalue weighted by Gasteiger charge is -2.17. The van der Waals surface area contributed by atoms with Gasteiger partial charge in [-0.05, 0) is 56.5 Å². The summed E-state index contributed by atoms with van der Waals surface area (Å²) >= 11 is 0. The van der Waals surface area contributed by atoms with Gasteiger partial charge in [0.2, 0.25) is 0 Å². The Labute approximate surface area is 120 Å². The maximum Gasteiger partial charge on any atom is 0.0708 e. The topological polar surface area (TPSA) is 42.1 Å². The lowest BCUT2D eigenvalue weighted by atomic mass is 10.1. The van der Waals surface area contributed by atoms with Crippen LogP contribution < -0.4 is 5.73 Å². The summed E-state index contributed by atoms with van der Waals surface area (Å²) in [6, 6.07) is 10.7. The molecule has 2 heterocycles. The van der Waals surface area contributed by atoms with Crippen molar-refractivity contribution in [2.75, 3.05) is 19.6 Å². The van der Waals surface area contributed by atoms with Gasteiger partial charge in [-0.1, -0.05) is 18.2 Å². The second kappa shape index (κ2) is 5.90. The van der Waals surface area contributed by atoms with Gasteiger partial charge in [0.05, 0.1) is 5.52 Å². The Kier molecular flexibility index (Phi) is 3.99. The van der Waals surface area contributed by atoms with E-state index >= 15 is 0 Å². The molecule has 2 aromatic rings. The van der Waals surface area contributed by atoms with E-state index in [0.717, 1.165) is 36.6 Å². The fourth-order valence-electron chi connectivity index (χ4n) is 3.29. The van der Waals surface area contributed by atoms with Crippen LogP contribution in [0.2, 0.25) is 0 Å². The standard InChI is InChI=1S/C17H23N3/c1-13-10-15(16-4-2-3-5-17(16)19-13)12-20-9-7-14(11-20)6-8-18/h2-5,10,14H,6-9,11-12,18H2,1H3. The van der Waals surface area contributed by atoms with Crippen molar-refractivity contribution in [1.82, 2.24) is 9.88 Å². The number of hydrogen-bond acceptors (Lipinski definition) is 3. The molecule has 3 heteroatoms. The van der Waals surface area contributed by atoms with Gasteiger partial charge >= 0.3 is 0 Å². The normalized spacial score (nSPS) is 19.8. The van der Waals surface area contributed by atoms with Crippen molar-refractivity contribution >= 4 is 10.9 Å². The average molecular weight is 269 g/mol. The summed E-state index contributed by atoms with van der Waals surface area (Å²) in [4.78, 5) is 7.18. The Bertz CT molecular complexity index is 594. The molecule has 1 aliphatic rings. The molecule has 0 radical (unpaired) electrons. The van der Waals surface area contributed by atoms with E-state index in [-0.39, 0.29) is 0 Å². The quantitative estimate of drug-likeness (QED) is 0.928. The van der Waals surface area contributed by atoms with Gasteiger partial charge in [0.15, 0.2) is 0 Å². The number of fused-ring (bicyclic) bond motifs is 1. The first-order valence-electron chi connectivity index (χ1n) is 7.54. The Balaban J connectivity index is 1.81. The van der Waals surface area contributed by atoms with Gasteiger partial charge in [-0.25, -0.2) is 0 Å². The van der Waals surface area contributed by atoms with E-state index in [1.165, 1.54) is 30.5 Å². The zero-order valence-corrected chi connectivity index (χ0v) is 12.2. The fraction of sp³-hybridized carbons (Fsp3) is 0.471. The van der Waals surface area contributed by atoms with Crippen LogP contribution >= 0.6 is 0 Å². The molecule has 106 valence electrons. The first-order chi connectivity index (χ1) is 9.76. The zero-order valence-electron chi connectivity index (χ0n) is 12.2. The summed E-state index contributed by atoms with van der Waals surface area (Å²) in [6.07, 6.45) is 2.45. The van der Waals surface area contributed by atoms with Crippen LogP contribution in [0.5, 0.6) is 0 Å². The van der Waals surface area contributed by atoms with E-state index < -0.39 is 0 Å². The first kappa shape index (κ1) is 13.5. The molecule has 0 spiro atoms. The highest BCUT2D eigenvalue weighted by Crippen LogP contribution is 2.24. The van der Waals surface area contributed by atoms with E-state index in [9.17, 15) is 0 Å². The number of rotatable bonds is 4. The highest BCUT2D eigenvalue weighted by molar-refractivity contribution is 5.82. The SMILES string of the molecule is Cc1cc(CN2CCC(CCN)C2)c2ccccc2n1. The highest BCUT2D eigenvalue weighted by atomic mass is 15.1. The van der Waals surface area contributed by atoms with Gasteiger partial charge in [0, 0.05) is 24.2 Å². The second-order valence-electron chi connectivity index (χ2n) is 5.91. The molecule has 2 N–H and O–H groups in total. The summed E-state index contributed by atoms with van der Waals surface area (Å²) in [6.45, 7) is 6.31. The predicted molar refractivity (Wildman–Crippen MR) is 83.5 cm³/mol. The van der Waals surface area contributed by atoms with Crippen LogP contribution in [0.15, 0.2) is 30.3 Å². The Morgan fingerprint density at radius 1 is 1.35 bits per heavy atom. The van der Waals surface area contributed by atoms with Crippen LogP contribution in [0.4, 0.5) is 0 Å². The van der Waals surface area contributed by atoms with Gasteiger partial charge < -0.3 is 5.73 Å². The minimum absolute atomic E-state index is 0.786. The summed E-state index contributed by atoms with van der Waals surface area (Å²) in [7, 11) is 0. The number of para-hydroxylation sites is 1. The Morgan fingerprint density at radius 2 is 2.20 bits per heavy atom. The molecule has 3 nitrogen and oxygen atoms in total. The number of aromatic nitrogens is 1. The van der Waals surface area contributed by atoms with E-state index in [1.54, 1.807) is 0 Å². The van der Waals surface area contributed by atoms with Crippen LogP contribution in [0.3, 0.4) is 0 Å². The van der Waals surface area contributed by atoms with Gasteiger partial charge in [-0.2, -0.15) is 0 Å². The molecule has 3 rings (SSSR count). The molecule has 1 saturated heterocycles. The zero-order chi connectivity index (χ0) is 13.9. The molecular weight excluding hydrogens is 246 g/mol. The van der Waals surface area contributed by atoms with Gasteiger partial charge in [0.25, 0.3) is 0 Å². The van der Waals surface area contributed by atoms with Crippen molar-refractivity contribution in [3.63, 3.8) is 0 Å². The van der Waals surface area contributed by atoms with E-state index in [4.69, 9.17) is 5.73 Å². The second-order valence-corrected chi connectivity index (χ2v) is 5.91. The maximum atomic E-state index is 5.67. The maximum absolute atomic E-state index is 5.67. The summed E-state index contributed by atoms with van der Waals surface area (Å²) in [5, 5.41) is 1.29. The molecule has 20 heavy (non-hydrogen) atoms. The molecule has 1 aromatic carbocycles. The monoisotopic (exact) mass is 269 g/mol. The van der Waals surface area contributed by atoms with Crippen LogP contribution in [-0.2, 0) is 6.54 Å². The van der Waals surface area contributed by atoms with Gasteiger partial charge in [0.1, 0.15) is 0 Å². The molecule has 1 unspecified atom stereocenters. The molecule has 0 saturated carbocycles. The van der Waals surface area contributed by atoms with E-state index in [1.807, 2.05) is 0 Å². The summed E-state index contributed by atoms with van der Waals surface area (Å²) in [5.41, 5.74) is 9.30. The predicted octanol–water partition coefficient (Wildman–Crippen LogP) is 2.71. The van der Waals surface area contributed by atoms with Crippen molar-refractivity contribution in [2.45, 2.75) is 26.3 Å². The third-order valence-corrected chi connectivity index (χ3v) is 4.27. The number of benzene rings is 1. The van der Waals surface area contributed by atoms with Gasteiger partial charge in [-0.15, -0.1) is 0 Å². The molecular formula is C17H23N3. The molecule has 0 amide bonds. The van der Waals surface area contributed by atoms with E-state index in [2.05, 4.69) is 47.1 Å². The van der Waals surface area contributed by atoms with Crippen molar-refractivity contribution in [3.05, 3.63) is 41.6 Å². The number of pyridine rings is 1. The minimum atomic E-state index is 0.786. The number of aryl methyl sites for hydroxylation is 1.